The van der Waals surface area contributed by atoms with Gasteiger partial charge in [0.25, 0.3) is 0 Å². The summed E-state index contributed by atoms with van der Waals surface area (Å²) in [6.07, 6.45) is 0. The Bertz CT molecular complexity index is 609. The number of likely N-dealkylation sites (N-methyl/N-ethyl adjacent to an activating group) is 1. The molecule has 0 aliphatic rings. The van der Waals surface area contributed by atoms with Gasteiger partial charge in [-0.3, -0.25) is 4.90 Å². The summed E-state index contributed by atoms with van der Waals surface area (Å²) in [4.78, 5) is 4.37. The quantitative estimate of drug-likeness (QED) is 0.630. The van der Waals surface area contributed by atoms with Crippen LogP contribution in [0.15, 0.2) is 48.5 Å². The molecule has 0 radical (unpaired) electrons. The van der Waals surface area contributed by atoms with E-state index in [0.29, 0.717) is 6.61 Å². The Labute approximate surface area is 168 Å². The van der Waals surface area contributed by atoms with Crippen molar-refractivity contribution in [3.8, 4) is 5.75 Å². The van der Waals surface area contributed by atoms with Gasteiger partial charge in [0, 0.05) is 30.2 Å². The second kappa shape index (κ2) is 12.4. The normalized spacial score (nSPS) is 10.3. The molecule has 0 aliphatic carbocycles. The van der Waals surface area contributed by atoms with Gasteiger partial charge in [-0.25, -0.2) is 0 Å². The first kappa shape index (κ1) is 24.0. The molecule has 140 valence electrons. The largest absolute Gasteiger partial charge is 0.492 e. The number of rotatable bonds is 8. The molecule has 0 heterocycles. The third kappa shape index (κ3) is 8.80. The van der Waals surface area contributed by atoms with E-state index in [0.717, 1.165) is 36.0 Å². The summed E-state index contributed by atoms with van der Waals surface area (Å²) in [6.45, 7) is 3.27. The van der Waals surface area contributed by atoms with E-state index in [1.54, 1.807) is 0 Å². The fourth-order valence-corrected chi connectivity index (χ4v) is 2.63. The molecule has 2 rings (SSSR count). The summed E-state index contributed by atoms with van der Waals surface area (Å²) in [5.74, 6) is 0.913. The maximum absolute atomic E-state index is 6.09. The Hall–Kier alpha value is -0.970. The molecule has 6 heteroatoms. The lowest BCUT2D eigenvalue weighted by Gasteiger charge is -2.19. The fourth-order valence-electron chi connectivity index (χ4n) is 2.44. The van der Waals surface area contributed by atoms with Crippen LogP contribution in [0.25, 0.3) is 0 Å². The van der Waals surface area contributed by atoms with E-state index in [1.165, 1.54) is 5.56 Å². The molecule has 0 fully saturated rings. The molecule has 0 saturated heterocycles. The monoisotopic (exact) mass is 404 g/mol. The third-order valence-electron chi connectivity index (χ3n) is 3.53. The highest BCUT2D eigenvalue weighted by atomic mass is 35.5. The molecule has 0 amide bonds. The average molecular weight is 406 g/mol. The van der Waals surface area contributed by atoms with Gasteiger partial charge in [0.05, 0.1) is 0 Å². The summed E-state index contributed by atoms with van der Waals surface area (Å²) < 4.78 is 5.97. The Morgan fingerprint density at radius 1 is 0.920 bits per heavy atom. The summed E-state index contributed by atoms with van der Waals surface area (Å²) in [7, 11) is 6.19. The molecule has 0 atom stereocenters. The molecule has 0 aromatic heterocycles. The van der Waals surface area contributed by atoms with Crippen molar-refractivity contribution in [2.75, 3.05) is 34.3 Å². The van der Waals surface area contributed by atoms with Crippen LogP contribution in [0, 0.1) is 0 Å². The highest BCUT2D eigenvalue weighted by Crippen LogP contribution is 2.24. The molecule has 0 aliphatic heterocycles. The molecule has 3 nitrogen and oxygen atoms in total. The van der Waals surface area contributed by atoms with E-state index in [1.807, 2.05) is 38.4 Å². The van der Waals surface area contributed by atoms with Crippen LogP contribution in [-0.2, 0) is 13.1 Å². The average Bonchev–Trinajstić information content (AvgIpc) is 2.50. The summed E-state index contributed by atoms with van der Waals surface area (Å²) >= 11 is 6.09. The van der Waals surface area contributed by atoms with Crippen molar-refractivity contribution in [2.24, 2.45) is 0 Å². The molecule has 0 saturated carbocycles. The molecular formula is C19H27Cl3N2O. The third-order valence-corrected chi connectivity index (χ3v) is 3.77. The molecule has 2 aromatic rings. The first-order valence-corrected chi connectivity index (χ1v) is 8.21. The predicted molar refractivity (Wildman–Crippen MR) is 112 cm³/mol. The zero-order chi connectivity index (χ0) is 16.7. The van der Waals surface area contributed by atoms with Crippen molar-refractivity contribution in [1.29, 1.82) is 0 Å². The van der Waals surface area contributed by atoms with Crippen LogP contribution in [0.5, 0.6) is 5.75 Å². The molecule has 0 spiro atoms. The van der Waals surface area contributed by atoms with Gasteiger partial charge in [0.15, 0.2) is 0 Å². The number of hydrogen-bond donors (Lipinski definition) is 0. The Morgan fingerprint density at radius 2 is 1.60 bits per heavy atom. The standard InChI is InChI=1S/C19H25ClN2O.2ClH/c1-21(2)15-17-13-18(20)9-10-19(17)23-12-11-22(3)14-16-7-5-4-6-8-16;;/h4-10,13H,11-12,14-15H2,1-3H3;2*1H. The molecular weight excluding hydrogens is 379 g/mol. The van der Waals surface area contributed by atoms with Gasteiger partial charge in [-0.2, -0.15) is 0 Å². The minimum atomic E-state index is 0. The van der Waals surface area contributed by atoms with Crippen molar-refractivity contribution in [1.82, 2.24) is 9.80 Å². The zero-order valence-electron chi connectivity index (χ0n) is 14.9. The first-order chi connectivity index (χ1) is 11.0. The van der Waals surface area contributed by atoms with Gasteiger partial charge >= 0.3 is 0 Å². The highest BCUT2D eigenvalue weighted by Gasteiger charge is 2.07. The van der Waals surface area contributed by atoms with E-state index in [-0.39, 0.29) is 24.8 Å². The van der Waals surface area contributed by atoms with Gasteiger partial charge in [-0.05, 0) is 44.9 Å². The summed E-state index contributed by atoms with van der Waals surface area (Å²) in [5, 5.41) is 0.746. The summed E-state index contributed by atoms with van der Waals surface area (Å²) in [5.41, 5.74) is 2.43. The smallest absolute Gasteiger partial charge is 0.123 e. The number of benzene rings is 2. The molecule has 25 heavy (non-hydrogen) atoms. The van der Waals surface area contributed by atoms with E-state index in [4.69, 9.17) is 16.3 Å². The maximum atomic E-state index is 6.09. The van der Waals surface area contributed by atoms with Crippen molar-refractivity contribution in [2.45, 2.75) is 13.1 Å². The van der Waals surface area contributed by atoms with E-state index >= 15 is 0 Å². The lowest BCUT2D eigenvalue weighted by molar-refractivity contribution is 0.229. The van der Waals surface area contributed by atoms with Crippen LogP contribution < -0.4 is 4.74 Å². The van der Waals surface area contributed by atoms with Gasteiger partial charge in [-0.1, -0.05) is 41.9 Å². The van der Waals surface area contributed by atoms with Crippen molar-refractivity contribution in [3.05, 3.63) is 64.7 Å². The highest BCUT2D eigenvalue weighted by molar-refractivity contribution is 6.30. The van der Waals surface area contributed by atoms with Crippen molar-refractivity contribution >= 4 is 36.4 Å². The van der Waals surface area contributed by atoms with E-state index < -0.39 is 0 Å². The Morgan fingerprint density at radius 3 is 2.24 bits per heavy atom. The van der Waals surface area contributed by atoms with Crippen molar-refractivity contribution in [3.63, 3.8) is 0 Å². The minimum Gasteiger partial charge on any atom is -0.492 e. The Balaban J connectivity index is 0.00000288. The van der Waals surface area contributed by atoms with Crippen LogP contribution in [0.1, 0.15) is 11.1 Å². The van der Waals surface area contributed by atoms with Gasteiger partial charge in [0.2, 0.25) is 0 Å². The van der Waals surface area contributed by atoms with Crippen LogP contribution in [0.4, 0.5) is 0 Å². The maximum Gasteiger partial charge on any atom is 0.123 e. The lowest BCUT2D eigenvalue weighted by atomic mass is 10.2. The predicted octanol–water partition coefficient (Wildman–Crippen LogP) is 4.76. The first-order valence-electron chi connectivity index (χ1n) is 7.83. The molecule has 0 N–H and O–H groups in total. The summed E-state index contributed by atoms with van der Waals surface area (Å²) in [6, 6.07) is 16.3. The van der Waals surface area contributed by atoms with E-state index in [2.05, 4.69) is 41.1 Å². The van der Waals surface area contributed by atoms with E-state index in [9.17, 15) is 0 Å². The minimum absolute atomic E-state index is 0. The lowest BCUT2D eigenvalue weighted by Crippen LogP contribution is -2.24. The topological polar surface area (TPSA) is 15.7 Å². The van der Waals surface area contributed by atoms with Crippen molar-refractivity contribution < 1.29 is 4.74 Å². The SMILES string of the molecule is CN(C)Cc1cc(Cl)ccc1OCCN(C)Cc1ccccc1.Cl.Cl. The molecule has 0 bridgehead atoms. The van der Waals surface area contributed by atoms with Gasteiger partial charge in [-0.15, -0.1) is 24.8 Å². The molecule has 0 unspecified atom stereocenters. The van der Waals surface area contributed by atoms with Gasteiger partial charge in [0.1, 0.15) is 12.4 Å². The number of hydrogen-bond acceptors (Lipinski definition) is 3. The second-order valence-electron chi connectivity index (χ2n) is 6.06. The van der Waals surface area contributed by atoms with Crippen LogP contribution >= 0.6 is 36.4 Å². The van der Waals surface area contributed by atoms with Crippen LogP contribution in [-0.4, -0.2) is 44.1 Å². The zero-order valence-corrected chi connectivity index (χ0v) is 17.3. The number of nitrogens with zero attached hydrogens (tertiary/aromatic N) is 2. The Kier molecular flexibility index (Phi) is 11.9. The number of ether oxygens (including phenoxy) is 1. The molecule has 2 aromatic carbocycles. The second-order valence-corrected chi connectivity index (χ2v) is 6.50. The van der Waals surface area contributed by atoms with Crippen LogP contribution in [0.3, 0.4) is 0 Å². The van der Waals surface area contributed by atoms with Crippen LogP contribution in [0.2, 0.25) is 5.02 Å². The fraction of sp³-hybridized carbons (Fsp3) is 0.368. The van der Waals surface area contributed by atoms with Gasteiger partial charge < -0.3 is 9.64 Å². The number of halogens is 3.